The maximum Gasteiger partial charge on any atom is 0.0208 e. The second kappa shape index (κ2) is 11.8. The maximum absolute atomic E-state index is 3.58. The van der Waals surface area contributed by atoms with Crippen molar-refractivity contribution < 1.29 is 0 Å². The first-order valence-electron chi connectivity index (χ1n) is 8.75. The second-order valence-electron chi connectivity index (χ2n) is 6.01. The van der Waals surface area contributed by atoms with E-state index in [0.717, 1.165) is 13.1 Å². The molecule has 0 heterocycles. The summed E-state index contributed by atoms with van der Waals surface area (Å²) in [6.07, 6.45) is 6.52. The van der Waals surface area contributed by atoms with Crippen LogP contribution in [0.25, 0.3) is 0 Å². The van der Waals surface area contributed by atoms with Crippen LogP contribution in [-0.4, -0.2) is 31.1 Å². The van der Waals surface area contributed by atoms with Gasteiger partial charge in [0.1, 0.15) is 0 Å². The zero-order valence-corrected chi connectivity index (χ0v) is 14.3. The first kappa shape index (κ1) is 18.2. The molecule has 0 saturated carbocycles. The van der Waals surface area contributed by atoms with Crippen molar-refractivity contribution >= 4 is 0 Å². The van der Waals surface area contributed by atoms with E-state index in [9.17, 15) is 0 Å². The number of nitrogens with one attached hydrogen (secondary N) is 1. The van der Waals surface area contributed by atoms with Crippen LogP contribution in [0.1, 0.15) is 57.1 Å². The number of aryl methyl sites for hydroxylation is 1. The van der Waals surface area contributed by atoms with Gasteiger partial charge < -0.3 is 10.2 Å². The molecule has 0 aliphatic heterocycles. The molecule has 0 atom stereocenters. The van der Waals surface area contributed by atoms with Crippen LogP contribution in [-0.2, 0) is 6.54 Å². The number of hydrogen-bond donors (Lipinski definition) is 1. The van der Waals surface area contributed by atoms with Crippen LogP contribution in [0.15, 0.2) is 24.3 Å². The molecule has 0 fully saturated rings. The average Bonchev–Trinajstić information content (AvgIpc) is 2.50. The molecule has 0 bridgehead atoms. The van der Waals surface area contributed by atoms with E-state index < -0.39 is 0 Å². The summed E-state index contributed by atoms with van der Waals surface area (Å²) in [5.41, 5.74) is 2.81. The molecule has 2 heteroatoms. The molecule has 1 N–H and O–H groups in total. The molecule has 1 rings (SSSR count). The molecule has 120 valence electrons. The normalized spacial score (nSPS) is 11.2. The predicted octanol–water partition coefficient (Wildman–Crippen LogP) is 4.38. The van der Waals surface area contributed by atoms with Gasteiger partial charge in [0.2, 0.25) is 0 Å². The molecule has 0 amide bonds. The monoisotopic (exact) mass is 290 g/mol. The summed E-state index contributed by atoms with van der Waals surface area (Å²) in [6, 6.07) is 8.64. The van der Waals surface area contributed by atoms with Crippen molar-refractivity contribution in [2.24, 2.45) is 0 Å². The number of hydrogen-bond acceptors (Lipinski definition) is 2. The van der Waals surface area contributed by atoms with Crippen LogP contribution < -0.4 is 5.32 Å². The van der Waals surface area contributed by atoms with Gasteiger partial charge in [-0.15, -0.1) is 0 Å². The molecule has 1 aromatic carbocycles. The van der Waals surface area contributed by atoms with Crippen LogP contribution in [0.5, 0.6) is 0 Å². The van der Waals surface area contributed by atoms with Crippen molar-refractivity contribution in [3.05, 3.63) is 35.4 Å². The molecule has 0 unspecified atom stereocenters. The van der Waals surface area contributed by atoms with E-state index in [1.54, 1.807) is 0 Å². The highest BCUT2D eigenvalue weighted by Gasteiger charge is 2.03. The minimum Gasteiger partial charge on any atom is -0.313 e. The lowest BCUT2D eigenvalue weighted by atomic mass is 10.1. The summed E-state index contributed by atoms with van der Waals surface area (Å²) in [5.74, 6) is 0. The summed E-state index contributed by atoms with van der Waals surface area (Å²) in [6.45, 7) is 12.6. The Balaban J connectivity index is 2.16. The van der Waals surface area contributed by atoms with E-state index in [0.29, 0.717) is 0 Å². The Morgan fingerprint density at radius 2 is 1.52 bits per heavy atom. The lowest BCUT2D eigenvalue weighted by Gasteiger charge is -2.22. The molecule has 0 radical (unpaired) electrons. The molecule has 1 aromatic rings. The fraction of sp³-hybridized carbons (Fsp3) is 0.684. The van der Waals surface area contributed by atoms with Crippen molar-refractivity contribution in [3.8, 4) is 0 Å². The average molecular weight is 290 g/mol. The van der Waals surface area contributed by atoms with Gasteiger partial charge in [0, 0.05) is 6.54 Å². The van der Waals surface area contributed by atoms with E-state index in [2.05, 4.69) is 55.3 Å². The van der Waals surface area contributed by atoms with Crippen LogP contribution in [0, 0.1) is 6.92 Å². The quantitative estimate of drug-likeness (QED) is 0.575. The largest absolute Gasteiger partial charge is 0.313 e. The van der Waals surface area contributed by atoms with E-state index in [-0.39, 0.29) is 0 Å². The minimum absolute atomic E-state index is 0.997. The Hall–Kier alpha value is -0.860. The first-order chi connectivity index (χ1) is 10.3. The van der Waals surface area contributed by atoms with E-state index >= 15 is 0 Å². The number of rotatable bonds is 12. The Morgan fingerprint density at radius 3 is 2.14 bits per heavy atom. The van der Waals surface area contributed by atoms with Crippen LogP contribution in [0.4, 0.5) is 0 Å². The lowest BCUT2D eigenvalue weighted by Crippen LogP contribution is -2.29. The van der Waals surface area contributed by atoms with Gasteiger partial charge in [0.05, 0.1) is 0 Å². The molecule has 2 nitrogen and oxygen atoms in total. The van der Waals surface area contributed by atoms with E-state index in [4.69, 9.17) is 0 Å². The van der Waals surface area contributed by atoms with Crippen molar-refractivity contribution in [2.45, 2.75) is 59.4 Å². The number of nitrogens with zero attached hydrogens (tertiary/aromatic N) is 1. The third-order valence-electron chi connectivity index (χ3n) is 4.06. The molecular weight excluding hydrogens is 256 g/mol. The zero-order chi connectivity index (χ0) is 15.3. The molecule has 0 spiro atoms. The highest BCUT2D eigenvalue weighted by atomic mass is 15.1. The highest BCUT2D eigenvalue weighted by Crippen LogP contribution is 2.06. The van der Waals surface area contributed by atoms with Crippen LogP contribution in [0.2, 0.25) is 0 Å². The Labute approximate surface area is 131 Å². The van der Waals surface area contributed by atoms with Gasteiger partial charge in [-0.3, -0.25) is 0 Å². The number of unbranched alkanes of at least 4 members (excludes halogenated alkanes) is 2. The molecule has 21 heavy (non-hydrogen) atoms. The maximum atomic E-state index is 3.58. The Bertz CT molecular complexity index is 354. The van der Waals surface area contributed by atoms with Gasteiger partial charge in [-0.05, 0) is 63.5 Å². The SMILES string of the molecule is CCCCN(CCCC)CCCNCc1ccccc1C. The van der Waals surface area contributed by atoms with Gasteiger partial charge in [-0.25, -0.2) is 0 Å². The zero-order valence-electron chi connectivity index (χ0n) is 14.3. The van der Waals surface area contributed by atoms with Gasteiger partial charge >= 0.3 is 0 Å². The molecule has 0 aliphatic rings. The fourth-order valence-corrected chi connectivity index (χ4v) is 2.56. The topological polar surface area (TPSA) is 15.3 Å². The Kier molecular flexibility index (Phi) is 10.2. The summed E-state index contributed by atoms with van der Waals surface area (Å²) in [4.78, 5) is 2.64. The van der Waals surface area contributed by atoms with Crippen LogP contribution in [0.3, 0.4) is 0 Å². The highest BCUT2D eigenvalue weighted by molar-refractivity contribution is 5.25. The van der Waals surface area contributed by atoms with Gasteiger partial charge in [-0.1, -0.05) is 51.0 Å². The third kappa shape index (κ3) is 8.23. The van der Waals surface area contributed by atoms with Gasteiger partial charge in [-0.2, -0.15) is 0 Å². The molecule has 0 aromatic heterocycles. The molecule has 0 aliphatic carbocycles. The standard InChI is InChI=1S/C19H34N2/c1-4-6-14-21(15-7-5-2)16-10-13-20-17-19-12-9-8-11-18(19)3/h8-9,11-12,20H,4-7,10,13-17H2,1-3H3. The second-order valence-corrected chi connectivity index (χ2v) is 6.01. The first-order valence-corrected chi connectivity index (χ1v) is 8.75. The lowest BCUT2D eigenvalue weighted by molar-refractivity contribution is 0.261. The minimum atomic E-state index is 0.997. The van der Waals surface area contributed by atoms with E-state index in [1.165, 1.54) is 62.9 Å². The van der Waals surface area contributed by atoms with Gasteiger partial charge in [0.15, 0.2) is 0 Å². The summed E-state index contributed by atoms with van der Waals surface area (Å²) < 4.78 is 0. The van der Waals surface area contributed by atoms with E-state index in [1.807, 2.05) is 0 Å². The predicted molar refractivity (Wildman–Crippen MR) is 93.8 cm³/mol. The summed E-state index contributed by atoms with van der Waals surface area (Å²) in [5, 5.41) is 3.58. The smallest absolute Gasteiger partial charge is 0.0208 e. The van der Waals surface area contributed by atoms with Gasteiger partial charge in [0.25, 0.3) is 0 Å². The number of benzene rings is 1. The van der Waals surface area contributed by atoms with Crippen LogP contribution >= 0.6 is 0 Å². The summed E-state index contributed by atoms with van der Waals surface area (Å²) in [7, 11) is 0. The van der Waals surface area contributed by atoms with Crippen molar-refractivity contribution in [1.29, 1.82) is 0 Å². The summed E-state index contributed by atoms with van der Waals surface area (Å²) >= 11 is 0. The molecule has 0 saturated heterocycles. The van der Waals surface area contributed by atoms with Crippen molar-refractivity contribution in [1.82, 2.24) is 10.2 Å². The molecular formula is C19H34N2. The van der Waals surface area contributed by atoms with Crippen molar-refractivity contribution in [2.75, 3.05) is 26.2 Å². The van der Waals surface area contributed by atoms with Crippen molar-refractivity contribution in [3.63, 3.8) is 0 Å². The third-order valence-corrected chi connectivity index (χ3v) is 4.06. The Morgan fingerprint density at radius 1 is 0.905 bits per heavy atom. The fourth-order valence-electron chi connectivity index (χ4n) is 2.56.